The van der Waals surface area contributed by atoms with Crippen molar-refractivity contribution in [3.63, 3.8) is 0 Å². The summed E-state index contributed by atoms with van der Waals surface area (Å²) in [6.45, 7) is 1.82. The third-order valence-corrected chi connectivity index (χ3v) is 3.03. The molecule has 2 aromatic rings. The van der Waals surface area contributed by atoms with Crippen molar-refractivity contribution in [3.8, 4) is 0 Å². The molecule has 2 rings (SSSR count). The van der Waals surface area contributed by atoms with Crippen LogP contribution in [0.15, 0.2) is 46.9 Å². The number of amides is 2. The number of nitrogens with two attached hydrogens (primary N) is 1. The van der Waals surface area contributed by atoms with Gasteiger partial charge < -0.3 is 15.5 Å². The largest absolute Gasteiger partial charge is 0.462 e. The number of anilines is 1. The van der Waals surface area contributed by atoms with Crippen molar-refractivity contribution in [2.45, 2.75) is 6.92 Å². The molecule has 1 heterocycles. The zero-order valence-electron chi connectivity index (χ0n) is 12.3. The van der Waals surface area contributed by atoms with E-state index in [-0.39, 0.29) is 11.0 Å². The van der Waals surface area contributed by atoms with E-state index in [4.69, 9.17) is 22.4 Å². The predicted molar refractivity (Wildman–Crippen MR) is 91.8 cm³/mol. The third-order valence-electron chi connectivity index (χ3n) is 2.82. The highest BCUT2D eigenvalue weighted by molar-refractivity contribution is 7.80. The minimum Gasteiger partial charge on any atom is -0.462 e. The van der Waals surface area contributed by atoms with Gasteiger partial charge in [0, 0.05) is 17.3 Å². The van der Waals surface area contributed by atoms with E-state index in [9.17, 15) is 9.59 Å². The maximum absolute atomic E-state index is 11.7. The highest BCUT2D eigenvalue weighted by Crippen LogP contribution is 2.09. The summed E-state index contributed by atoms with van der Waals surface area (Å²) in [5.41, 5.74) is 6.18. The summed E-state index contributed by atoms with van der Waals surface area (Å²) in [5, 5.41) is 5.48. The zero-order chi connectivity index (χ0) is 16.8. The van der Waals surface area contributed by atoms with E-state index in [0.29, 0.717) is 17.0 Å². The molecule has 0 fully saturated rings. The fraction of sp³-hybridized carbons (Fsp3) is 0.0625. The first-order valence-electron chi connectivity index (χ1n) is 6.70. The summed E-state index contributed by atoms with van der Waals surface area (Å²) in [4.78, 5) is 22.7. The first-order chi connectivity index (χ1) is 10.9. The Morgan fingerprint density at radius 3 is 2.43 bits per heavy atom. The summed E-state index contributed by atoms with van der Waals surface area (Å²) in [6.07, 6.45) is 2.87. The molecule has 0 aliphatic heterocycles. The molecule has 118 valence electrons. The number of aryl methyl sites for hydroxylation is 1. The summed E-state index contributed by atoms with van der Waals surface area (Å²) in [5.74, 6) is 0.455. The Morgan fingerprint density at radius 2 is 1.87 bits per heavy atom. The minimum atomic E-state index is -0.509. The first kappa shape index (κ1) is 16.4. The van der Waals surface area contributed by atoms with E-state index in [1.54, 1.807) is 42.5 Å². The van der Waals surface area contributed by atoms with Crippen LogP contribution >= 0.6 is 12.2 Å². The van der Waals surface area contributed by atoms with E-state index in [1.165, 1.54) is 6.08 Å². The Balaban J connectivity index is 1.87. The number of furan rings is 1. The molecular weight excluding hydrogens is 314 g/mol. The van der Waals surface area contributed by atoms with Gasteiger partial charge in [-0.25, -0.2) is 0 Å². The molecule has 0 radical (unpaired) electrons. The molecule has 1 aromatic heterocycles. The number of hydrogen-bond acceptors (Lipinski definition) is 4. The van der Waals surface area contributed by atoms with Crippen LogP contribution in [0, 0.1) is 6.92 Å². The normalized spacial score (nSPS) is 10.5. The highest BCUT2D eigenvalue weighted by Gasteiger charge is 2.04. The van der Waals surface area contributed by atoms with Crippen molar-refractivity contribution in [2.75, 3.05) is 5.32 Å². The Morgan fingerprint density at radius 1 is 1.17 bits per heavy atom. The number of benzene rings is 1. The van der Waals surface area contributed by atoms with Crippen molar-refractivity contribution in [3.05, 3.63) is 59.6 Å². The second kappa shape index (κ2) is 7.37. The number of primary amides is 1. The second-order valence-corrected chi connectivity index (χ2v) is 5.07. The highest BCUT2D eigenvalue weighted by atomic mass is 32.1. The lowest BCUT2D eigenvalue weighted by Crippen LogP contribution is -2.32. The average molecular weight is 329 g/mol. The van der Waals surface area contributed by atoms with Gasteiger partial charge in [0.25, 0.3) is 0 Å². The van der Waals surface area contributed by atoms with E-state index in [2.05, 4.69) is 10.6 Å². The first-order valence-corrected chi connectivity index (χ1v) is 7.11. The van der Waals surface area contributed by atoms with Gasteiger partial charge in [-0.3, -0.25) is 14.9 Å². The topological polar surface area (TPSA) is 97.4 Å². The third kappa shape index (κ3) is 5.08. The van der Waals surface area contributed by atoms with Crippen molar-refractivity contribution >= 4 is 40.9 Å². The van der Waals surface area contributed by atoms with Crippen molar-refractivity contribution in [1.29, 1.82) is 0 Å². The molecule has 0 atom stereocenters. The van der Waals surface area contributed by atoms with Crippen molar-refractivity contribution in [1.82, 2.24) is 5.32 Å². The number of rotatable bonds is 4. The molecule has 2 amide bonds. The molecule has 0 saturated heterocycles. The number of nitrogens with one attached hydrogen (secondary N) is 2. The Labute approximate surface area is 138 Å². The smallest absolute Gasteiger partial charge is 0.250 e. The van der Waals surface area contributed by atoms with Crippen LogP contribution in [0.25, 0.3) is 6.08 Å². The molecule has 1 aromatic carbocycles. The fourth-order valence-corrected chi connectivity index (χ4v) is 1.95. The number of thiocarbonyl (C=S) groups is 1. The lowest BCUT2D eigenvalue weighted by atomic mass is 10.2. The Bertz CT molecular complexity index is 763. The molecule has 6 nitrogen and oxygen atoms in total. The van der Waals surface area contributed by atoms with Gasteiger partial charge in [0.1, 0.15) is 11.5 Å². The summed E-state index contributed by atoms with van der Waals surface area (Å²) in [7, 11) is 0. The van der Waals surface area contributed by atoms with Crippen LogP contribution in [-0.4, -0.2) is 16.9 Å². The second-order valence-electron chi connectivity index (χ2n) is 4.67. The number of hydrogen-bond donors (Lipinski definition) is 3. The van der Waals surface area contributed by atoms with Gasteiger partial charge >= 0.3 is 0 Å². The molecule has 0 unspecified atom stereocenters. The molecule has 0 spiro atoms. The van der Waals surface area contributed by atoms with Gasteiger partial charge in [0.15, 0.2) is 5.11 Å². The monoisotopic (exact) mass is 329 g/mol. The number of carbonyl (C=O) groups excluding carboxylic acids is 2. The predicted octanol–water partition coefficient (Wildman–Crippen LogP) is 2.21. The van der Waals surface area contributed by atoms with E-state index < -0.39 is 5.91 Å². The SMILES string of the molecule is Cc1ccc(C=CC(=O)NC(=S)Nc2ccc(C(N)=O)cc2)o1. The molecule has 0 aliphatic carbocycles. The van der Waals surface area contributed by atoms with E-state index >= 15 is 0 Å². The lowest BCUT2D eigenvalue weighted by molar-refractivity contribution is -0.115. The molecule has 7 heteroatoms. The molecule has 0 aliphatic rings. The van der Waals surface area contributed by atoms with Crippen LogP contribution in [0.4, 0.5) is 5.69 Å². The van der Waals surface area contributed by atoms with Crippen LogP contribution in [0.3, 0.4) is 0 Å². The molecule has 4 N–H and O–H groups in total. The molecule has 0 saturated carbocycles. The summed E-state index contributed by atoms with van der Waals surface area (Å²) in [6, 6.07) is 9.97. The van der Waals surface area contributed by atoms with Gasteiger partial charge in [-0.05, 0) is 61.6 Å². The minimum absolute atomic E-state index is 0.141. The molecule has 23 heavy (non-hydrogen) atoms. The summed E-state index contributed by atoms with van der Waals surface area (Å²) < 4.78 is 5.31. The van der Waals surface area contributed by atoms with Crippen LogP contribution in [0.5, 0.6) is 0 Å². The van der Waals surface area contributed by atoms with Gasteiger partial charge in [-0.15, -0.1) is 0 Å². The van der Waals surface area contributed by atoms with E-state index in [0.717, 1.165) is 5.76 Å². The van der Waals surface area contributed by atoms with Crippen molar-refractivity contribution < 1.29 is 14.0 Å². The van der Waals surface area contributed by atoms with Crippen LogP contribution in [0.1, 0.15) is 21.9 Å². The lowest BCUT2D eigenvalue weighted by Gasteiger charge is -2.08. The Hall–Kier alpha value is -2.93. The molecular formula is C16H15N3O3S. The fourth-order valence-electron chi connectivity index (χ4n) is 1.73. The maximum atomic E-state index is 11.7. The Kier molecular flexibility index (Phi) is 5.27. The number of carbonyl (C=O) groups is 2. The van der Waals surface area contributed by atoms with Crippen LogP contribution in [0.2, 0.25) is 0 Å². The van der Waals surface area contributed by atoms with Gasteiger partial charge in [0.05, 0.1) is 0 Å². The van der Waals surface area contributed by atoms with Crippen LogP contribution < -0.4 is 16.4 Å². The average Bonchev–Trinajstić information content (AvgIpc) is 2.91. The zero-order valence-corrected chi connectivity index (χ0v) is 13.1. The maximum Gasteiger partial charge on any atom is 0.250 e. The van der Waals surface area contributed by atoms with Crippen molar-refractivity contribution in [2.24, 2.45) is 5.73 Å². The van der Waals surface area contributed by atoms with Gasteiger partial charge in [-0.1, -0.05) is 0 Å². The standard InChI is InChI=1S/C16H15N3O3S/c1-10-2-7-13(22-10)8-9-14(20)19-16(23)18-12-5-3-11(4-6-12)15(17)21/h2-9H,1H3,(H2,17,21)(H2,18,19,20,23). The van der Waals surface area contributed by atoms with Crippen LogP contribution in [-0.2, 0) is 4.79 Å². The van der Waals surface area contributed by atoms with Gasteiger partial charge in [-0.2, -0.15) is 0 Å². The van der Waals surface area contributed by atoms with Gasteiger partial charge in [0.2, 0.25) is 11.8 Å². The molecule has 0 bridgehead atoms. The quantitative estimate of drug-likeness (QED) is 0.590. The van der Waals surface area contributed by atoms with E-state index in [1.807, 2.05) is 6.92 Å². The summed E-state index contributed by atoms with van der Waals surface area (Å²) >= 11 is 5.04.